The molecule has 2 aromatic rings. The number of alkyl halides is 2. The first-order valence-corrected chi connectivity index (χ1v) is 5.59. The molecule has 2 rings (SSSR count). The van der Waals surface area contributed by atoms with Crippen LogP contribution >= 0.6 is 0 Å². The van der Waals surface area contributed by atoms with Crippen LogP contribution in [0.2, 0.25) is 0 Å². The number of halogens is 2. The van der Waals surface area contributed by atoms with Gasteiger partial charge in [-0.3, -0.25) is 0 Å². The molecular weight excluding hydrogens is 256 g/mol. The molecule has 0 aliphatic carbocycles. The Labute approximate surface area is 107 Å². The van der Waals surface area contributed by atoms with E-state index in [0.29, 0.717) is 5.69 Å². The van der Waals surface area contributed by atoms with Gasteiger partial charge in [-0.2, -0.15) is 8.78 Å². The molecule has 1 heterocycles. The molecule has 0 bridgehead atoms. The monoisotopic (exact) mass is 267 g/mol. The van der Waals surface area contributed by atoms with E-state index in [2.05, 4.69) is 15.0 Å². The fourth-order valence-electron chi connectivity index (χ4n) is 1.54. The molecule has 1 aromatic carbocycles. The molecule has 100 valence electrons. The van der Waals surface area contributed by atoms with Gasteiger partial charge >= 0.3 is 11.9 Å². The van der Waals surface area contributed by atoms with Crippen LogP contribution in [0.1, 0.15) is 12.6 Å². The highest BCUT2D eigenvalue weighted by molar-refractivity contribution is 5.78. The molecule has 0 atom stereocenters. The molecule has 0 spiro atoms. The predicted octanol–water partition coefficient (Wildman–Crippen LogP) is 1.92. The fourth-order valence-corrected chi connectivity index (χ4v) is 1.54. The van der Waals surface area contributed by atoms with Gasteiger partial charge in [0.2, 0.25) is 0 Å². The fraction of sp³-hybridized carbons (Fsp3) is 0.250. The van der Waals surface area contributed by atoms with E-state index in [4.69, 9.17) is 0 Å². The van der Waals surface area contributed by atoms with Crippen molar-refractivity contribution >= 4 is 5.97 Å². The minimum atomic E-state index is -3.80. The molecular formula is C12H11F2N3O2. The number of nitrogens with zero attached hydrogens (tertiary/aromatic N) is 3. The highest BCUT2D eigenvalue weighted by Gasteiger charge is 2.46. The van der Waals surface area contributed by atoms with E-state index >= 15 is 0 Å². The van der Waals surface area contributed by atoms with E-state index in [1.165, 1.54) is 6.92 Å². The second-order valence-corrected chi connectivity index (χ2v) is 3.66. The molecule has 0 aliphatic heterocycles. The number of benzene rings is 1. The van der Waals surface area contributed by atoms with Gasteiger partial charge in [0.15, 0.2) is 0 Å². The van der Waals surface area contributed by atoms with Crippen molar-refractivity contribution in [1.29, 1.82) is 0 Å². The lowest BCUT2D eigenvalue weighted by Crippen LogP contribution is -2.30. The Morgan fingerprint density at radius 3 is 2.68 bits per heavy atom. The zero-order chi connectivity index (χ0) is 13.9. The summed E-state index contributed by atoms with van der Waals surface area (Å²) in [6.45, 7) is 1.34. The Hall–Kier alpha value is -2.31. The molecule has 0 unspecified atom stereocenters. The maximum atomic E-state index is 13.9. The quantitative estimate of drug-likeness (QED) is 0.794. The Kier molecular flexibility index (Phi) is 3.55. The number of hydrogen-bond donors (Lipinski definition) is 0. The summed E-state index contributed by atoms with van der Waals surface area (Å²) in [4.78, 5) is 11.3. The lowest BCUT2D eigenvalue weighted by Gasteiger charge is -2.15. The van der Waals surface area contributed by atoms with E-state index in [0.717, 1.165) is 10.9 Å². The van der Waals surface area contributed by atoms with Gasteiger partial charge in [-0.1, -0.05) is 23.4 Å². The molecule has 0 saturated heterocycles. The minimum Gasteiger partial charge on any atom is -0.461 e. The van der Waals surface area contributed by atoms with Crippen LogP contribution in [-0.4, -0.2) is 27.6 Å². The number of carbonyl (C=O) groups is 1. The summed E-state index contributed by atoms with van der Waals surface area (Å²) >= 11 is 0. The van der Waals surface area contributed by atoms with Crippen LogP contribution in [0, 0.1) is 0 Å². The molecule has 0 radical (unpaired) electrons. The van der Waals surface area contributed by atoms with E-state index < -0.39 is 17.6 Å². The first-order chi connectivity index (χ1) is 9.07. The Morgan fingerprint density at radius 1 is 1.37 bits per heavy atom. The smallest absolute Gasteiger partial charge is 0.386 e. The summed E-state index contributed by atoms with van der Waals surface area (Å²) in [5.74, 6) is -5.41. The van der Waals surface area contributed by atoms with Crippen LogP contribution in [0.25, 0.3) is 5.69 Å². The summed E-state index contributed by atoms with van der Waals surface area (Å²) in [5, 5.41) is 7.01. The maximum Gasteiger partial charge on any atom is 0.386 e. The average molecular weight is 267 g/mol. The number of hydrogen-bond acceptors (Lipinski definition) is 4. The average Bonchev–Trinajstić information content (AvgIpc) is 2.90. The number of carbonyl (C=O) groups excluding carboxylic acids is 1. The second-order valence-electron chi connectivity index (χ2n) is 3.66. The summed E-state index contributed by atoms with van der Waals surface area (Å²) in [6, 6.07) is 8.25. The summed E-state index contributed by atoms with van der Waals surface area (Å²) in [6.07, 6.45) is 0.851. The van der Waals surface area contributed by atoms with Gasteiger partial charge in [-0.05, 0) is 19.1 Å². The van der Waals surface area contributed by atoms with Gasteiger partial charge in [-0.15, -0.1) is 5.10 Å². The normalized spacial score (nSPS) is 11.3. The number of ether oxygens (including phenoxy) is 1. The maximum absolute atomic E-state index is 13.9. The number of esters is 1. The third-order valence-electron chi connectivity index (χ3n) is 2.40. The Morgan fingerprint density at radius 2 is 2.05 bits per heavy atom. The third kappa shape index (κ3) is 2.44. The first kappa shape index (κ1) is 13.1. The van der Waals surface area contributed by atoms with Gasteiger partial charge in [0.1, 0.15) is 5.69 Å². The van der Waals surface area contributed by atoms with Crippen LogP contribution in [0.5, 0.6) is 0 Å². The molecule has 1 aromatic heterocycles. The molecule has 0 N–H and O–H groups in total. The topological polar surface area (TPSA) is 57.0 Å². The van der Waals surface area contributed by atoms with Gasteiger partial charge in [0.25, 0.3) is 0 Å². The minimum absolute atomic E-state index is 0.124. The van der Waals surface area contributed by atoms with E-state index in [9.17, 15) is 13.6 Å². The van der Waals surface area contributed by atoms with Crippen molar-refractivity contribution in [2.75, 3.05) is 6.61 Å². The van der Waals surface area contributed by atoms with Gasteiger partial charge in [0.05, 0.1) is 18.5 Å². The van der Waals surface area contributed by atoms with E-state index in [1.54, 1.807) is 30.3 Å². The molecule has 0 fully saturated rings. The lowest BCUT2D eigenvalue weighted by atomic mass is 10.2. The standard InChI is InChI=1S/C12H11F2N3O2/c1-2-19-11(18)12(13,14)10-8-15-16-17(10)9-6-4-3-5-7-9/h3-8H,2H2,1H3. The number of para-hydroxylation sites is 1. The van der Waals surface area contributed by atoms with Crippen molar-refractivity contribution in [3.05, 3.63) is 42.2 Å². The first-order valence-electron chi connectivity index (χ1n) is 5.59. The predicted molar refractivity (Wildman–Crippen MR) is 61.9 cm³/mol. The van der Waals surface area contributed by atoms with Crippen molar-refractivity contribution in [1.82, 2.24) is 15.0 Å². The number of rotatable bonds is 4. The number of aromatic nitrogens is 3. The zero-order valence-corrected chi connectivity index (χ0v) is 10.1. The Bertz CT molecular complexity index is 569. The molecule has 19 heavy (non-hydrogen) atoms. The van der Waals surface area contributed by atoms with Gasteiger partial charge < -0.3 is 4.74 Å². The third-order valence-corrected chi connectivity index (χ3v) is 2.40. The molecule has 0 saturated carbocycles. The van der Waals surface area contributed by atoms with Crippen LogP contribution in [0.4, 0.5) is 8.78 Å². The van der Waals surface area contributed by atoms with E-state index in [-0.39, 0.29) is 6.61 Å². The van der Waals surface area contributed by atoms with Crippen molar-refractivity contribution in [3.63, 3.8) is 0 Å². The largest absolute Gasteiger partial charge is 0.461 e. The van der Waals surface area contributed by atoms with Crippen molar-refractivity contribution in [3.8, 4) is 5.69 Å². The summed E-state index contributed by atoms with van der Waals surface area (Å²) in [5.41, 5.74) is -0.240. The van der Waals surface area contributed by atoms with Crippen molar-refractivity contribution < 1.29 is 18.3 Å². The zero-order valence-electron chi connectivity index (χ0n) is 10.1. The van der Waals surface area contributed by atoms with Crippen molar-refractivity contribution in [2.45, 2.75) is 12.8 Å². The Balaban J connectivity index is 2.42. The summed E-state index contributed by atoms with van der Waals surface area (Å²) in [7, 11) is 0. The van der Waals surface area contributed by atoms with Crippen LogP contribution < -0.4 is 0 Å². The highest BCUT2D eigenvalue weighted by atomic mass is 19.3. The van der Waals surface area contributed by atoms with Crippen LogP contribution in [0.3, 0.4) is 0 Å². The molecule has 5 nitrogen and oxygen atoms in total. The van der Waals surface area contributed by atoms with Gasteiger partial charge in [-0.25, -0.2) is 9.48 Å². The molecule has 0 aliphatic rings. The SMILES string of the molecule is CCOC(=O)C(F)(F)c1cnnn1-c1ccccc1. The summed E-state index contributed by atoms with van der Waals surface area (Å²) < 4.78 is 33.2. The van der Waals surface area contributed by atoms with Crippen LogP contribution in [-0.2, 0) is 15.5 Å². The lowest BCUT2D eigenvalue weighted by molar-refractivity contribution is -0.173. The second kappa shape index (κ2) is 5.13. The molecule has 7 heteroatoms. The van der Waals surface area contributed by atoms with Gasteiger partial charge in [0, 0.05) is 0 Å². The van der Waals surface area contributed by atoms with Crippen LogP contribution in [0.15, 0.2) is 36.5 Å². The highest BCUT2D eigenvalue weighted by Crippen LogP contribution is 2.30. The van der Waals surface area contributed by atoms with E-state index in [1.807, 2.05) is 0 Å². The molecule has 0 amide bonds. The van der Waals surface area contributed by atoms with Crippen molar-refractivity contribution in [2.24, 2.45) is 0 Å².